The van der Waals surface area contributed by atoms with Gasteiger partial charge in [0.15, 0.2) is 5.82 Å². The Morgan fingerprint density at radius 2 is 2.00 bits per heavy atom. The SMILES string of the molecule is CNc1nc(-c2ccccc2C2CC2)nc2c1CSC2. The number of rotatable bonds is 3. The lowest BCUT2D eigenvalue weighted by Gasteiger charge is -2.11. The van der Waals surface area contributed by atoms with E-state index >= 15 is 0 Å². The molecule has 3 nitrogen and oxygen atoms in total. The molecule has 0 radical (unpaired) electrons. The second-order valence-electron chi connectivity index (χ2n) is 5.43. The Morgan fingerprint density at radius 1 is 1.15 bits per heavy atom. The van der Waals surface area contributed by atoms with Crippen LogP contribution in [-0.2, 0) is 11.5 Å². The highest BCUT2D eigenvalue weighted by Crippen LogP contribution is 2.44. The smallest absolute Gasteiger partial charge is 0.162 e. The van der Waals surface area contributed by atoms with Gasteiger partial charge in [-0.25, -0.2) is 9.97 Å². The fraction of sp³-hybridized carbons (Fsp3) is 0.375. The van der Waals surface area contributed by atoms with Gasteiger partial charge in [0, 0.05) is 29.7 Å². The van der Waals surface area contributed by atoms with Gasteiger partial charge >= 0.3 is 0 Å². The predicted molar refractivity (Wildman–Crippen MR) is 84.0 cm³/mol. The van der Waals surface area contributed by atoms with Crippen molar-refractivity contribution >= 4 is 17.6 Å². The zero-order valence-corrected chi connectivity index (χ0v) is 12.3. The molecule has 2 aromatic rings. The lowest BCUT2D eigenvalue weighted by Crippen LogP contribution is -2.04. The van der Waals surface area contributed by atoms with Crippen LogP contribution >= 0.6 is 11.8 Å². The lowest BCUT2D eigenvalue weighted by molar-refractivity contribution is 1.05. The van der Waals surface area contributed by atoms with E-state index in [4.69, 9.17) is 9.97 Å². The molecule has 0 unspecified atom stereocenters. The van der Waals surface area contributed by atoms with Crippen LogP contribution in [-0.4, -0.2) is 17.0 Å². The molecule has 4 rings (SSSR count). The van der Waals surface area contributed by atoms with E-state index in [1.54, 1.807) is 0 Å². The molecule has 102 valence electrons. The molecule has 4 heteroatoms. The van der Waals surface area contributed by atoms with Crippen LogP contribution < -0.4 is 5.32 Å². The zero-order valence-electron chi connectivity index (χ0n) is 11.5. The molecule has 1 aliphatic heterocycles. The summed E-state index contributed by atoms with van der Waals surface area (Å²) in [6.07, 6.45) is 2.60. The first-order valence-corrected chi connectivity index (χ1v) is 8.27. The van der Waals surface area contributed by atoms with Crippen molar-refractivity contribution in [3.8, 4) is 11.4 Å². The molecule has 2 heterocycles. The summed E-state index contributed by atoms with van der Waals surface area (Å²) in [7, 11) is 1.95. The molecule has 1 aromatic carbocycles. The second-order valence-corrected chi connectivity index (χ2v) is 6.41. The minimum absolute atomic E-state index is 0.718. The van der Waals surface area contributed by atoms with Gasteiger partial charge in [-0.1, -0.05) is 24.3 Å². The third-order valence-corrected chi connectivity index (χ3v) is 5.00. The van der Waals surface area contributed by atoms with Crippen LogP contribution in [0.5, 0.6) is 0 Å². The van der Waals surface area contributed by atoms with E-state index in [-0.39, 0.29) is 0 Å². The molecule has 1 aliphatic carbocycles. The van der Waals surface area contributed by atoms with E-state index in [2.05, 4.69) is 29.6 Å². The molecule has 0 bridgehead atoms. The summed E-state index contributed by atoms with van der Waals surface area (Å²) >= 11 is 1.92. The maximum atomic E-state index is 4.83. The highest BCUT2D eigenvalue weighted by atomic mass is 32.2. The average Bonchev–Trinajstić information content (AvgIpc) is 3.23. The van der Waals surface area contributed by atoms with Gasteiger partial charge in [0.2, 0.25) is 0 Å². The maximum Gasteiger partial charge on any atom is 0.162 e. The number of thioether (sulfide) groups is 1. The molecule has 20 heavy (non-hydrogen) atoms. The molecule has 0 atom stereocenters. The zero-order chi connectivity index (χ0) is 13.5. The van der Waals surface area contributed by atoms with E-state index in [0.29, 0.717) is 0 Å². The number of hydrogen-bond acceptors (Lipinski definition) is 4. The summed E-state index contributed by atoms with van der Waals surface area (Å²) in [5.74, 6) is 4.63. The Hall–Kier alpha value is -1.55. The topological polar surface area (TPSA) is 37.8 Å². The Labute approximate surface area is 123 Å². The molecule has 1 saturated carbocycles. The number of hydrogen-bond donors (Lipinski definition) is 1. The number of anilines is 1. The molecular weight excluding hydrogens is 266 g/mol. The molecule has 1 aromatic heterocycles. The van der Waals surface area contributed by atoms with Crippen LogP contribution in [0.25, 0.3) is 11.4 Å². The fourth-order valence-electron chi connectivity index (χ4n) is 2.83. The van der Waals surface area contributed by atoms with Crippen molar-refractivity contribution in [2.45, 2.75) is 30.3 Å². The summed E-state index contributed by atoms with van der Waals surface area (Å²) in [4.78, 5) is 9.60. The first-order valence-electron chi connectivity index (χ1n) is 7.11. The van der Waals surface area contributed by atoms with Crippen LogP contribution in [0.3, 0.4) is 0 Å². The number of fused-ring (bicyclic) bond motifs is 1. The summed E-state index contributed by atoms with van der Waals surface area (Å²) < 4.78 is 0. The van der Waals surface area contributed by atoms with E-state index in [1.807, 2.05) is 18.8 Å². The third kappa shape index (κ3) is 1.99. The monoisotopic (exact) mass is 283 g/mol. The van der Waals surface area contributed by atoms with Gasteiger partial charge in [-0.2, -0.15) is 11.8 Å². The van der Waals surface area contributed by atoms with Gasteiger partial charge in [0.1, 0.15) is 5.82 Å². The molecule has 1 fully saturated rings. The van der Waals surface area contributed by atoms with Crippen molar-refractivity contribution in [1.29, 1.82) is 0 Å². The van der Waals surface area contributed by atoms with Crippen molar-refractivity contribution in [1.82, 2.24) is 9.97 Å². The van der Waals surface area contributed by atoms with Crippen molar-refractivity contribution in [3.63, 3.8) is 0 Å². The number of nitrogens with zero attached hydrogens (tertiary/aromatic N) is 2. The van der Waals surface area contributed by atoms with Gasteiger partial charge in [-0.15, -0.1) is 0 Å². The van der Waals surface area contributed by atoms with Crippen molar-refractivity contribution in [2.24, 2.45) is 0 Å². The minimum atomic E-state index is 0.718. The minimum Gasteiger partial charge on any atom is -0.373 e. The maximum absolute atomic E-state index is 4.83. The van der Waals surface area contributed by atoms with Crippen molar-refractivity contribution in [3.05, 3.63) is 41.1 Å². The van der Waals surface area contributed by atoms with Gasteiger partial charge in [-0.3, -0.25) is 0 Å². The van der Waals surface area contributed by atoms with E-state index in [1.165, 1.54) is 35.2 Å². The number of aromatic nitrogens is 2. The largest absolute Gasteiger partial charge is 0.373 e. The summed E-state index contributed by atoms with van der Waals surface area (Å²) in [5.41, 5.74) is 5.12. The highest BCUT2D eigenvalue weighted by Gasteiger charge is 2.28. The van der Waals surface area contributed by atoms with E-state index in [9.17, 15) is 0 Å². The average molecular weight is 283 g/mol. The predicted octanol–water partition coefficient (Wildman–Crippen LogP) is 3.81. The Kier molecular flexibility index (Phi) is 2.91. The highest BCUT2D eigenvalue weighted by molar-refractivity contribution is 7.98. The number of nitrogens with one attached hydrogen (secondary N) is 1. The van der Waals surface area contributed by atoms with Crippen LogP contribution in [0.2, 0.25) is 0 Å². The second kappa shape index (κ2) is 4.77. The number of benzene rings is 1. The van der Waals surface area contributed by atoms with Gasteiger partial charge < -0.3 is 5.32 Å². The first kappa shape index (κ1) is 12.2. The quantitative estimate of drug-likeness (QED) is 0.929. The molecule has 0 spiro atoms. The van der Waals surface area contributed by atoms with Crippen LogP contribution in [0.4, 0.5) is 5.82 Å². The molecule has 1 N–H and O–H groups in total. The van der Waals surface area contributed by atoms with Crippen molar-refractivity contribution in [2.75, 3.05) is 12.4 Å². The normalized spacial score (nSPS) is 17.1. The fourth-order valence-corrected chi connectivity index (χ4v) is 3.87. The Bertz CT molecular complexity index is 665. The van der Waals surface area contributed by atoms with Crippen LogP contribution in [0, 0.1) is 0 Å². The Morgan fingerprint density at radius 3 is 2.80 bits per heavy atom. The Balaban J connectivity index is 1.87. The summed E-state index contributed by atoms with van der Waals surface area (Å²) in [6, 6.07) is 8.61. The lowest BCUT2D eigenvalue weighted by atomic mass is 10.0. The first-order chi connectivity index (χ1) is 9.86. The van der Waals surface area contributed by atoms with Crippen LogP contribution in [0.1, 0.15) is 35.6 Å². The van der Waals surface area contributed by atoms with Crippen molar-refractivity contribution < 1.29 is 0 Å². The van der Waals surface area contributed by atoms with Gasteiger partial charge in [0.05, 0.1) is 5.69 Å². The van der Waals surface area contributed by atoms with E-state index in [0.717, 1.165) is 29.1 Å². The summed E-state index contributed by atoms with van der Waals surface area (Å²) in [6.45, 7) is 0. The molecule has 0 amide bonds. The summed E-state index contributed by atoms with van der Waals surface area (Å²) in [5, 5.41) is 3.24. The van der Waals surface area contributed by atoms with Crippen LogP contribution in [0.15, 0.2) is 24.3 Å². The van der Waals surface area contributed by atoms with E-state index < -0.39 is 0 Å². The molecule has 0 saturated heterocycles. The van der Waals surface area contributed by atoms with Gasteiger partial charge in [0.25, 0.3) is 0 Å². The standard InChI is InChI=1S/C16H17N3S/c1-17-15-13-8-20-9-14(13)18-16(19-15)12-5-3-2-4-11(12)10-6-7-10/h2-5,10H,6-9H2,1H3,(H,17,18,19). The molecular formula is C16H17N3S. The third-order valence-electron chi connectivity index (χ3n) is 4.03. The van der Waals surface area contributed by atoms with Gasteiger partial charge in [-0.05, 0) is 24.3 Å². The molecule has 2 aliphatic rings.